The lowest BCUT2D eigenvalue weighted by Crippen LogP contribution is -2.26. The zero-order valence-electron chi connectivity index (χ0n) is 9.92. The molecule has 0 spiro atoms. The summed E-state index contributed by atoms with van der Waals surface area (Å²) in [5, 5.41) is 0. The Labute approximate surface area is 92.4 Å². The normalized spacial score (nSPS) is 12.8. The summed E-state index contributed by atoms with van der Waals surface area (Å²) in [5.74, 6) is 0. The molecule has 2 nitrogen and oxygen atoms in total. The zero-order valence-corrected chi connectivity index (χ0v) is 9.92. The van der Waals surface area contributed by atoms with Gasteiger partial charge in [-0.15, -0.1) is 0 Å². The maximum Gasteiger partial charge on any atom is 0.0613 e. The van der Waals surface area contributed by atoms with Crippen molar-refractivity contribution in [3.63, 3.8) is 0 Å². The predicted octanol–water partition coefficient (Wildman–Crippen LogP) is 2.21. The molecule has 0 saturated heterocycles. The molecule has 0 aliphatic rings. The van der Waals surface area contributed by atoms with Crippen molar-refractivity contribution in [3.05, 3.63) is 34.9 Å². The Hall–Kier alpha value is -0.860. The number of nitrogens with two attached hydrogens (primary N) is 1. The summed E-state index contributed by atoms with van der Waals surface area (Å²) >= 11 is 0. The first-order chi connectivity index (χ1) is 7.15. The molecule has 0 heterocycles. The molecule has 0 aromatic heterocycles. The van der Waals surface area contributed by atoms with Crippen molar-refractivity contribution >= 4 is 0 Å². The molecule has 15 heavy (non-hydrogen) atoms. The minimum Gasteiger partial charge on any atom is -0.383 e. The number of benzene rings is 1. The average molecular weight is 207 g/mol. The monoisotopic (exact) mass is 207 g/mol. The van der Waals surface area contributed by atoms with E-state index in [4.69, 9.17) is 10.5 Å². The van der Waals surface area contributed by atoms with Crippen molar-refractivity contribution in [2.24, 2.45) is 5.73 Å². The average Bonchev–Trinajstić information content (AvgIpc) is 2.17. The Morgan fingerprint density at radius 2 is 1.87 bits per heavy atom. The third kappa shape index (κ3) is 3.65. The highest BCUT2D eigenvalue weighted by atomic mass is 16.5. The second-order valence-electron chi connectivity index (χ2n) is 4.12. The summed E-state index contributed by atoms with van der Waals surface area (Å²) in [6.07, 6.45) is 2.03. The number of ether oxygens (including phenoxy) is 1. The van der Waals surface area contributed by atoms with Gasteiger partial charge in [0.15, 0.2) is 0 Å². The van der Waals surface area contributed by atoms with E-state index in [0.29, 0.717) is 6.61 Å². The van der Waals surface area contributed by atoms with Crippen LogP contribution in [-0.4, -0.2) is 19.8 Å². The van der Waals surface area contributed by atoms with Crippen molar-refractivity contribution in [3.8, 4) is 0 Å². The molecule has 1 rings (SSSR count). The van der Waals surface area contributed by atoms with E-state index < -0.39 is 0 Å². The van der Waals surface area contributed by atoms with Gasteiger partial charge in [0.2, 0.25) is 0 Å². The summed E-state index contributed by atoms with van der Waals surface area (Å²) in [6, 6.07) is 6.56. The molecule has 1 unspecified atom stereocenters. The summed E-state index contributed by atoms with van der Waals surface area (Å²) in [4.78, 5) is 0. The highest BCUT2D eigenvalue weighted by Crippen LogP contribution is 2.15. The van der Waals surface area contributed by atoms with E-state index in [1.165, 1.54) is 16.7 Å². The van der Waals surface area contributed by atoms with E-state index in [9.17, 15) is 0 Å². The van der Waals surface area contributed by atoms with Crippen LogP contribution >= 0.6 is 0 Å². The zero-order chi connectivity index (χ0) is 11.3. The van der Waals surface area contributed by atoms with Crippen LogP contribution in [0, 0.1) is 13.8 Å². The molecule has 1 atom stereocenters. The van der Waals surface area contributed by atoms with Crippen LogP contribution in [0.25, 0.3) is 0 Å². The van der Waals surface area contributed by atoms with Crippen LogP contribution in [0.1, 0.15) is 23.1 Å². The Balaban J connectivity index is 2.57. The Bertz CT molecular complexity index is 289. The van der Waals surface area contributed by atoms with Crippen molar-refractivity contribution in [1.82, 2.24) is 0 Å². The number of methoxy groups -OCH3 is 1. The van der Waals surface area contributed by atoms with Gasteiger partial charge in [-0.3, -0.25) is 0 Å². The molecule has 2 N–H and O–H groups in total. The van der Waals surface area contributed by atoms with Gasteiger partial charge in [0, 0.05) is 13.2 Å². The molecule has 84 valence electrons. The highest BCUT2D eigenvalue weighted by Gasteiger charge is 2.06. The lowest BCUT2D eigenvalue weighted by Gasteiger charge is -2.13. The fraction of sp³-hybridized carbons (Fsp3) is 0.538. The Morgan fingerprint density at radius 3 is 2.40 bits per heavy atom. The van der Waals surface area contributed by atoms with Gasteiger partial charge in [-0.2, -0.15) is 0 Å². The smallest absolute Gasteiger partial charge is 0.0613 e. The second kappa shape index (κ2) is 5.89. The van der Waals surface area contributed by atoms with Gasteiger partial charge < -0.3 is 10.5 Å². The molecular formula is C13H21NO. The quantitative estimate of drug-likeness (QED) is 0.803. The van der Waals surface area contributed by atoms with Gasteiger partial charge in [0.1, 0.15) is 0 Å². The lowest BCUT2D eigenvalue weighted by atomic mass is 9.97. The fourth-order valence-corrected chi connectivity index (χ4v) is 1.87. The van der Waals surface area contributed by atoms with E-state index in [2.05, 4.69) is 32.0 Å². The van der Waals surface area contributed by atoms with Crippen LogP contribution in [0.3, 0.4) is 0 Å². The third-order valence-corrected chi connectivity index (χ3v) is 2.79. The molecule has 0 bridgehead atoms. The maximum absolute atomic E-state index is 5.91. The largest absolute Gasteiger partial charge is 0.383 e. The standard InChI is InChI=1S/C13H21NO/c1-10-5-4-6-11(2)13(10)8-7-12(14)9-15-3/h4-6,12H,7-9,14H2,1-3H3. The first-order valence-electron chi connectivity index (χ1n) is 5.44. The van der Waals surface area contributed by atoms with Crippen molar-refractivity contribution in [2.75, 3.05) is 13.7 Å². The highest BCUT2D eigenvalue weighted by molar-refractivity contribution is 5.33. The summed E-state index contributed by atoms with van der Waals surface area (Å²) in [6.45, 7) is 4.96. The fourth-order valence-electron chi connectivity index (χ4n) is 1.87. The van der Waals surface area contributed by atoms with Crippen molar-refractivity contribution in [2.45, 2.75) is 32.7 Å². The number of rotatable bonds is 5. The van der Waals surface area contributed by atoms with Gasteiger partial charge in [0.05, 0.1) is 6.61 Å². The minimum absolute atomic E-state index is 0.147. The van der Waals surface area contributed by atoms with Crippen LogP contribution in [0.5, 0.6) is 0 Å². The molecule has 0 aliphatic carbocycles. The van der Waals surface area contributed by atoms with Crippen molar-refractivity contribution < 1.29 is 4.74 Å². The first-order valence-corrected chi connectivity index (χ1v) is 5.44. The summed E-state index contributed by atoms with van der Waals surface area (Å²) in [5.41, 5.74) is 10.1. The number of hydrogen-bond acceptors (Lipinski definition) is 2. The van der Waals surface area contributed by atoms with E-state index in [0.717, 1.165) is 12.8 Å². The minimum atomic E-state index is 0.147. The molecule has 1 aromatic carbocycles. The second-order valence-corrected chi connectivity index (χ2v) is 4.12. The molecule has 0 fully saturated rings. The molecule has 0 radical (unpaired) electrons. The van der Waals surface area contributed by atoms with Crippen LogP contribution in [0.2, 0.25) is 0 Å². The third-order valence-electron chi connectivity index (χ3n) is 2.79. The number of aryl methyl sites for hydroxylation is 2. The van der Waals surface area contributed by atoms with Gasteiger partial charge in [0.25, 0.3) is 0 Å². The van der Waals surface area contributed by atoms with Gasteiger partial charge in [-0.05, 0) is 43.4 Å². The SMILES string of the molecule is COCC(N)CCc1c(C)cccc1C. The van der Waals surface area contributed by atoms with Crippen LogP contribution in [0.15, 0.2) is 18.2 Å². The van der Waals surface area contributed by atoms with E-state index in [1.807, 2.05) is 0 Å². The van der Waals surface area contributed by atoms with E-state index in [-0.39, 0.29) is 6.04 Å². The topological polar surface area (TPSA) is 35.2 Å². The summed E-state index contributed by atoms with van der Waals surface area (Å²) in [7, 11) is 1.69. The predicted molar refractivity (Wildman–Crippen MR) is 64.1 cm³/mol. The van der Waals surface area contributed by atoms with Gasteiger partial charge in [-0.25, -0.2) is 0 Å². The molecule has 1 aromatic rings. The Morgan fingerprint density at radius 1 is 1.27 bits per heavy atom. The molecule has 2 heteroatoms. The van der Waals surface area contributed by atoms with E-state index in [1.54, 1.807) is 7.11 Å². The van der Waals surface area contributed by atoms with Gasteiger partial charge in [-0.1, -0.05) is 18.2 Å². The van der Waals surface area contributed by atoms with Crippen molar-refractivity contribution in [1.29, 1.82) is 0 Å². The molecule has 0 amide bonds. The van der Waals surface area contributed by atoms with Crippen LogP contribution in [0.4, 0.5) is 0 Å². The number of hydrogen-bond donors (Lipinski definition) is 1. The molecular weight excluding hydrogens is 186 g/mol. The van der Waals surface area contributed by atoms with E-state index >= 15 is 0 Å². The first kappa shape index (κ1) is 12.2. The lowest BCUT2D eigenvalue weighted by molar-refractivity contribution is 0.177. The Kier molecular flexibility index (Phi) is 4.79. The summed E-state index contributed by atoms with van der Waals surface area (Å²) < 4.78 is 5.03. The van der Waals surface area contributed by atoms with Crippen LogP contribution < -0.4 is 5.73 Å². The maximum atomic E-state index is 5.91. The molecule has 0 aliphatic heterocycles. The van der Waals surface area contributed by atoms with Crippen LogP contribution in [-0.2, 0) is 11.2 Å². The van der Waals surface area contributed by atoms with Gasteiger partial charge >= 0.3 is 0 Å². The molecule has 0 saturated carbocycles.